The molecule has 0 unspecified atom stereocenters. The molecule has 0 N–H and O–H groups in total. The van der Waals surface area contributed by atoms with Gasteiger partial charge in [0.05, 0.1) is 12.8 Å². The van der Waals surface area contributed by atoms with E-state index in [9.17, 15) is 4.79 Å². The van der Waals surface area contributed by atoms with Crippen LogP contribution >= 0.6 is 0 Å². The van der Waals surface area contributed by atoms with Crippen LogP contribution in [0, 0.1) is 13.8 Å². The van der Waals surface area contributed by atoms with Gasteiger partial charge in [0.1, 0.15) is 11.5 Å². The second-order valence-corrected chi connectivity index (χ2v) is 7.42. The molecular weight excluding hydrogens is 396 g/mol. The number of benzene rings is 1. The van der Waals surface area contributed by atoms with Gasteiger partial charge in [-0.1, -0.05) is 0 Å². The fraction of sp³-hybridized carbons (Fsp3) is 0.364. The van der Waals surface area contributed by atoms with Crippen LogP contribution in [-0.4, -0.2) is 70.7 Å². The van der Waals surface area contributed by atoms with E-state index in [-0.39, 0.29) is 12.5 Å². The molecular formula is C22H26N6O3. The van der Waals surface area contributed by atoms with Crippen molar-refractivity contribution in [2.24, 2.45) is 0 Å². The van der Waals surface area contributed by atoms with Gasteiger partial charge in [-0.05, 0) is 56.3 Å². The minimum atomic E-state index is -0.0265. The Bertz CT molecular complexity index is 1020. The third-order valence-corrected chi connectivity index (χ3v) is 5.24. The Balaban J connectivity index is 1.28. The second-order valence-electron chi connectivity index (χ2n) is 7.42. The average molecular weight is 422 g/mol. The standard InChI is InChI=1S/C22H26N6O3/c1-16-14-17(2)28(25-16)21-9-8-20(23-24-21)26-10-12-27(13-11-26)22(29)15-31-19-6-4-18(30-3)5-7-19/h4-9,14H,10-13,15H2,1-3H3. The number of methoxy groups -OCH3 is 1. The minimum Gasteiger partial charge on any atom is -0.497 e. The smallest absolute Gasteiger partial charge is 0.260 e. The van der Waals surface area contributed by atoms with Crippen molar-refractivity contribution in [2.45, 2.75) is 13.8 Å². The molecule has 0 bridgehead atoms. The molecule has 0 saturated carbocycles. The maximum absolute atomic E-state index is 12.5. The minimum absolute atomic E-state index is 0.0173. The number of aromatic nitrogens is 4. The third-order valence-electron chi connectivity index (χ3n) is 5.24. The van der Waals surface area contributed by atoms with Crippen LogP contribution in [0.25, 0.3) is 5.82 Å². The van der Waals surface area contributed by atoms with Crippen molar-refractivity contribution in [3.05, 3.63) is 53.9 Å². The first-order valence-electron chi connectivity index (χ1n) is 10.2. The van der Waals surface area contributed by atoms with Crippen LogP contribution in [0.15, 0.2) is 42.5 Å². The maximum Gasteiger partial charge on any atom is 0.260 e. The van der Waals surface area contributed by atoms with Crippen LogP contribution in [0.1, 0.15) is 11.4 Å². The fourth-order valence-corrected chi connectivity index (χ4v) is 3.55. The van der Waals surface area contributed by atoms with Crippen molar-refractivity contribution in [1.29, 1.82) is 0 Å². The summed E-state index contributed by atoms with van der Waals surface area (Å²) < 4.78 is 12.5. The Morgan fingerprint density at radius 3 is 2.16 bits per heavy atom. The lowest BCUT2D eigenvalue weighted by atomic mass is 10.3. The molecule has 0 radical (unpaired) electrons. The van der Waals surface area contributed by atoms with Crippen LogP contribution in [0.3, 0.4) is 0 Å². The van der Waals surface area contributed by atoms with Gasteiger partial charge in [0.25, 0.3) is 5.91 Å². The molecule has 4 rings (SSSR count). The lowest BCUT2D eigenvalue weighted by Crippen LogP contribution is -2.50. The largest absolute Gasteiger partial charge is 0.497 e. The lowest BCUT2D eigenvalue weighted by molar-refractivity contribution is -0.133. The van der Waals surface area contributed by atoms with E-state index >= 15 is 0 Å². The van der Waals surface area contributed by atoms with Crippen LogP contribution in [-0.2, 0) is 4.79 Å². The molecule has 0 aliphatic carbocycles. The molecule has 1 fully saturated rings. The summed E-state index contributed by atoms with van der Waals surface area (Å²) in [6.07, 6.45) is 0. The van der Waals surface area contributed by atoms with Crippen molar-refractivity contribution in [3.63, 3.8) is 0 Å². The van der Waals surface area contributed by atoms with Gasteiger partial charge in [-0.3, -0.25) is 4.79 Å². The van der Waals surface area contributed by atoms with Crippen molar-refractivity contribution in [1.82, 2.24) is 24.9 Å². The van der Waals surface area contributed by atoms with E-state index < -0.39 is 0 Å². The van der Waals surface area contributed by atoms with E-state index in [2.05, 4.69) is 20.2 Å². The number of anilines is 1. The molecule has 1 amide bonds. The zero-order valence-corrected chi connectivity index (χ0v) is 18.0. The summed E-state index contributed by atoms with van der Waals surface area (Å²) >= 11 is 0. The highest BCUT2D eigenvalue weighted by atomic mass is 16.5. The molecule has 2 aromatic heterocycles. The topological polar surface area (TPSA) is 85.6 Å². The Morgan fingerprint density at radius 2 is 1.58 bits per heavy atom. The molecule has 1 saturated heterocycles. The predicted octanol–water partition coefficient (Wildman–Crippen LogP) is 2.02. The summed E-state index contributed by atoms with van der Waals surface area (Å²) in [7, 11) is 1.61. The zero-order chi connectivity index (χ0) is 21.8. The van der Waals surface area contributed by atoms with Gasteiger partial charge in [-0.2, -0.15) is 5.10 Å². The van der Waals surface area contributed by atoms with Crippen molar-refractivity contribution in [2.75, 3.05) is 44.8 Å². The first-order valence-corrected chi connectivity index (χ1v) is 10.2. The molecule has 162 valence electrons. The fourth-order valence-electron chi connectivity index (χ4n) is 3.55. The highest BCUT2D eigenvalue weighted by Gasteiger charge is 2.22. The zero-order valence-electron chi connectivity index (χ0n) is 18.0. The second kappa shape index (κ2) is 9.03. The summed E-state index contributed by atoms with van der Waals surface area (Å²) in [4.78, 5) is 16.4. The number of hydrogen-bond acceptors (Lipinski definition) is 7. The van der Waals surface area contributed by atoms with Gasteiger partial charge in [0.15, 0.2) is 18.2 Å². The number of amides is 1. The van der Waals surface area contributed by atoms with Crippen LogP contribution in [0.4, 0.5) is 5.82 Å². The monoisotopic (exact) mass is 422 g/mol. The molecule has 9 nitrogen and oxygen atoms in total. The predicted molar refractivity (Wildman–Crippen MR) is 116 cm³/mol. The average Bonchev–Trinajstić information content (AvgIpc) is 3.15. The maximum atomic E-state index is 12.5. The number of carbonyl (C=O) groups is 1. The quantitative estimate of drug-likeness (QED) is 0.601. The lowest BCUT2D eigenvalue weighted by Gasteiger charge is -2.35. The van der Waals surface area contributed by atoms with E-state index in [1.807, 2.05) is 36.9 Å². The highest BCUT2D eigenvalue weighted by Crippen LogP contribution is 2.18. The van der Waals surface area contributed by atoms with E-state index in [1.54, 1.807) is 36.1 Å². The van der Waals surface area contributed by atoms with E-state index in [0.29, 0.717) is 37.7 Å². The van der Waals surface area contributed by atoms with Gasteiger partial charge in [0.2, 0.25) is 0 Å². The molecule has 0 spiro atoms. The first-order chi connectivity index (χ1) is 15.0. The summed E-state index contributed by atoms with van der Waals surface area (Å²) in [5, 5.41) is 13.1. The van der Waals surface area contributed by atoms with Gasteiger partial charge in [0, 0.05) is 31.9 Å². The number of ether oxygens (including phenoxy) is 2. The van der Waals surface area contributed by atoms with Crippen LogP contribution in [0.5, 0.6) is 11.5 Å². The summed E-state index contributed by atoms with van der Waals surface area (Å²) in [6.45, 7) is 6.59. The van der Waals surface area contributed by atoms with Crippen LogP contribution in [0.2, 0.25) is 0 Å². The number of rotatable bonds is 6. The molecule has 0 atom stereocenters. The molecule has 31 heavy (non-hydrogen) atoms. The van der Waals surface area contributed by atoms with Gasteiger partial charge in [-0.15, -0.1) is 10.2 Å². The summed E-state index contributed by atoms with van der Waals surface area (Å²) in [5.41, 5.74) is 1.96. The molecule has 1 aliphatic heterocycles. The van der Waals surface area contributed by atoms with E-state index in [4.69, 9.17) is 9.47 Å². The molecule has 3 aromatic rings. The number of piperazine rings is 1. The van der Waals surface area contributed by atoms with Gasteiger partial charge >= 0.3 is 0 Å². The number of aryl methyl sites for hydroxylation is 2. The number of nitrogens with zero attached hydrogens (tertiary/aromatic N) is 6. The van der Waals surface area contributed by atoms with E-state index in [0.717, 1.165) is 23.0 Å². The Kier molecular flexibility index (Phi) is 6.01. The van der Waals surface area contributed by atoms with Gasteiger partial charge < -0.3 is 19.3 Å². The normalized spacial score (nSPS) is 13.9. The summed E-state index contributed by atoms with van der Waals surface area (Å²) in [5.74, 6) is 2.86. The summed E-state index contributed by atoms with van der Waals surface area (Å²) in [6, 6.07) is 13.1. The number of carbonyl (C=O) groups excluding carboxylic acids is 1. The number of hydrogen-bond donors (Lipinski definition) is 0. The Morgan fingerprint density at radius 1 is 0.935 bits per heavy atom. The van der Waals surface area contributed by atoms with Gasteiger partial charge in [-0.25, -0.2) is 4.68 Å². The molecule has 3 heterocycles. The van der Waals surface area contributed by atoms with Crippen molar-refractivity contribution < 1.29 is 14.3 Å². The molecule has 1 aliphatic rings. The first kappa shape index (κ1) is 20.6. The third kappa shape index (κ3) is 4.76. The van der Waals surface area contributed by atoms with Crippen molar-refractivity contribution in [3.8, 4) is 17.3 Å². The highest BCUT2D eigenvalue weighted by molar-refractivity contribution is 5.78. The Labute approximate surface area is 181 Å². The van der Waals surface area contributed by atoms with Crippen molar-refractivity contribution >= 4 is 11.7 Å². The van der Waals surface area contributed by atoms with E-state index in [1.165, 1.54) is 0 Å². The SMILES string of the molecule is COc1ccc(OCC(=O)N2CCN(c3ccc(-n4nc(C)cc4C)nn3)CC2)cc1. The van der Waals surface area contributed by atoms with Crippen LogP contribution < -0.4 is 14.4 Å². The Hall–Kier alpha value is -3.62. The molecule has 9 heteroatoms. The molecule has 1 aromatic carbocycles.